The maximum Gasteiger partial charge on any atom is 0.416 e. The molecular formula is C16H18F3N3O2. The molecule has 1 unspecified atom stereocenters. The summed E-state index contributed by atoms with van der Waals surface area (Å²) in [6.07, 6.45) is -6.03. The van der Waals surface area contributed by atoms with Crippen LogP contribution in [-0.2, 0) is 0 Å². The number of para-hydroxylation sites is 1. The van der Waals surface area contributed by atoms with Crippen LogP contribution in [0.5, 0.6) is 0 Å². The Kier molecular flexibility index (Phi) is 4.98. The summed E-state index contributed by atoms with van der Waals surface area (Å²) in [5.41, 5.74) is 2.44. The predicted octanol–water partition coefficient (Wildman–Crippen LogP) is 2.48. The van der Waals surface area contributed by atoms with E-state index in [-0.39, 0.29) is 5.56 Å². The number of carbonyl (C=O) groups is 1. The van der Waals surface area contributed by atoms with E-state index in [2.05, 4.69) is 5.10 Å². The van der Waals surface area contributed by atoms with Crippen LogP contribution < -0.4 is 0 Å². The molecule has 1 heterocycles. The van der Waals surface area contributed by atoms with Crippen LogP contribution in [0.3, 0.4) is 0 Å². The summed E-state index contributed by atoms with van der Waals surface area (Å²) < 4.78 is 38.8. The SMILES string of the molecule is Cc1ccccc1-n1ncc(C(=O)N(C)CC(O)C(F)(F)F)c1C. The standard InChI is InChI=1S/C16H18F3N3O2/c1-10-6-4-5-7-13(10)22-11(2)12(8-20-22)15(24)21(3)9-14(23)16(17,18)19/h4-8,14,23H,9H2,1-3H3. The molecule has 0 bridgehead atoms. The average molecular weight is 341 g/mol. The molecule has 1 atom stereocenters. The van der Waals surface area contributed by atoms with Gasteiger partial charge in [0.15, 0.2) is 6.10 Å². The molecule has 0 aliphatic rings. The van der Waals surface area contributed by atoms with Gasteiger partial charge in [0.1, 0.15) is 0 Å². The van der Waals surface area contributed by atoms with Crippen molar-refractivity contribution in [2.75, 3.05) is 13.6 Å². The van der Waals surface area contributed by atoms with Gasteiger partial charge in [0.25, 0.3) is 5.91 Å². The quantitative estimate of drug-likeness (QED) is 0.929. The molecule has 0 saturated carbocycles. The summed E-state index contributed by atoms with van der Waals surface area (Å²) in [6, 6.07) is 7.43. The van der Waals surface area contributed by atoms with E-state index in [4.69, 9.17) is 5.11 Å². The van der Waals surface area contributed by atoms with Gasteiger partial charge in [-0.3, -0.25) is 4.79 Å². The Labute approximate surface area is 137 Å². The molecule has 0 radical (unpaired) electrons. The van der Waals surface area contributed by atoms with E-state index in [0.29, 0.717) is 5.69 Å². The minimum absolute atomic E-state index is 0.190. The molecule has 1 aromatic heterocycles. The number of likely N-dealkylation sites (N-methyl/N-ethyl adjacent to an activating group) is 1. The van der Waals surface area contributed by atoms with Gasteiger partial charge in [-0.25, -0.2) is 4.68 Å². The highest BCUT2D eigenvalue weighted by Crippen LogP contribution is 2.22. The number of halogens is 3. The van der Waals surface area contributed by atoms with Gasteiger partial charge in [-0.2, -0.15) is 18.3 Å². The van der Waals surface area contributed by atoms with E-state index in [9.17, 15) is 18.0 Å². The van der Waals surface area contributed by atoms with Crippen molar-refractivity contribution in [1.29, 1.82) is 0 Å². The summed E-state index contributed by atoms with van der Waals surface area (Å²) in [6.45, 7) is 2.72. The molecule has 130 valence electrons. The summed E-state index contributed by atoms with van der Waals surface area (Å²) in [4.78, 5) is 13.2. The number of aryl methyl sites for hydroxylation is 1. The fraction of sp³-hybridized carbons (Fsp3) is 0.375. The van der Waals surface area contributed by atoms with Gasteiger partial charge in [0.2, 0.25) is 0 Å². The number of rotatable bonds is 4. The first-order valence-electron chi connectivity index (χ1n) is 7.23. The van der Waals surface area contributed by atoms with E-state index >= 15 is 0 Å². The second kappa shape index (κ2) is 6.64. The maximum atomic E-state index is 12.4. The smallest absolute Gasteiger partial charge is 0.382 e. The van der Waals surface area contributed by atoms with Crippen LogP contribution in [0.15, 0.2) is 30.5 Å². The lowest BCUT2D eigenvalue weighted by Gasteiger charge is -2.22. The van der Waals surface area contributed by atoms with Crippen LogP contribution in [0.4, 0.5) is 13.2 Å². The zero-order valence-corrected chi connectivity index (χ0v) is 13.5. The summed E-state index contributed by atoms with van der Waals surface area (Å²) >= 11 is 0. The third-order valence-corrected chi connectivity index (χ3v) is 3.76. The third kappa shape index (κ3) is 3.59. The van der Waals surface area contributed by atoms with E-state index in [1.165, 1.54) is 13.2 Å². The third-order valence-electron chi connectivity index (χ3n) is 3.76. The second-order valence-electron chi connectivity index (χ2n) is 5.59. The second-order valence-corrected chi connectivity index (χ2v) is 5.59. The number of hydrogen-bond acceptors (Lipinski definition) is 3. The van der Waals surface area contributed by atoms with Crippen molar-refractivity contribution in [3.63, 3.8) is 0 Å². The molecule has 0 spiro atoms. The molecule has 8 heteroatoms. The number of benzene rings is 1. The first-order valence-corrected chi connectivity index (χ1v) is 7.23. The van der Waals surface area contributed by atoms with Gasteiger partial charge in [-0.15, -0.1) is 0 Å². The Morgan fingerprint density at radius 1 is 1.33 bits per heavy atom. The number of carbonyl (C=O) groups excluding carboxylic acids is 1. The summed E-state index contributed by atoms with van der Waals surface area (Å²) in [5, 5.41) is 13.3. The Morgan fingerprint density at radius 2 is 1.96 bits per heavy atom. The first kappa shape index (κ1) is 18.0. The monoisotopic (exact) mass is 341 g/mol. The van der Waals surface area contributed by atoms with Crippen molar-refractivity contribution in [1.82, 2.24) is 14.7 Å². The number of nitrogens with zero attached hydrogens (tertiary/aromatic N) is 3. The van der Waals surface area contributed by atoms with Gasteiger partial charge in [-0.05, 0) is 25.5 Å². The van der Waals surface area contributed by atoms with Gasteiger partial charge in [-0.1, -0.05) is 18.2 Å². The molecule has 1 aromatic carbocycles. The van der Waals surface area contributed by atoms with E-state index in [1.54, 1.807) is 11.6 Å². The Balaban J connectivity index is 2.25. The van der Waals surface area contributed by atoms with Crippen LogP contribution in [0.1, 0.15) is 21.6 Å². The molecule has 0 fully saturated rings. The Bertz CT molecular complexity index is 740. The highest BCUT2D eigenvalue weighted by molar-refractivity contribution is 5.95. The van der Waals surface area contributed by atoms with Crippen LogP contribution in [-0.4, -0.2) is 51.6 Å². The largest absolute Gasteiger partial charge is 0.416 e. The van der Waals surface area contributed by atoms with Crippen molar-refractivity contribution in [3.8, 4) is 5.69 Å². The number of alkyl halides is 3. The van der Waals surface area contributed by atoms with Crippen molar-refractivity contribution in [3.05, 3.63) is 47.3 Å². The molecular weight excluding hydrogens is 323 g/mol. The topological polar surface area (TPSA) is 58.4 Å². The predicted molar refractivity (Wildman–Crippen MR) is 82.1 cm³/mol. The molecule has 2 rings (SSSR count). The molecule has 1 N–H and O–H groups in total. The minimum atomic E-state index is -4.77. The zero-order chi connectivity index (χ0) is 18.1. The number of aliphatic hydroxyl groups is 1. The van der Waals surface area contributed by atoms with Crippen LogP contribution in [0.2, 0.25) is 0 Å². The molecule has 1 amide bonds. The van der Waals surface area contributed by atoms with Gasteiger partial charge >= 0.3 is 6.18 Å². The van der Waals surface area contributed by atoms with Gasteiger partial charge < -0.3 is 10.0 Å². The highest BCUT2D eigenvalue weighted by Gasteiger charge is 2.39. The Hall–Kier alpha value is -2.35. The maximum absolute atomic E-state index is 12.4. The number of aromatic nitrogens is 2. The van der Waals surface area contributed by atoms with E-state index in [0.717, 1.165) is 16.2 Å². The normalized spacial score (nSPS) is 13.0. The van der Waals surface area contributed by atoms with Gasteiger partial charge in [0, 0.05) is 7.05 Å². The van der Waals surface area contributed by atoms with Crippen molar-refractivity contribution < 1.29 is 23.1 Å². The molecule has 0 aliphatic heterocycles. The molecule has 2 aromatic rings. The lowest BCUT2D eigenvalue weighted by molar-refractivity contribution is -0.205. The molecule has 0 saturated heterocycles. The molecule has 5 nitrogen and oxygen atoms in total. The fourth-order valence-corrected chi connectivity index (χ4v) is 2.31. The average Bonchev–Trinajstić information content (AvgIpc) is 2.87. The summed E-state index contributed by atoms with van der Waals surface area (Å²) in [7, 11) is 1.21. The van der Waals surface area contributed by atoms with E-state index in [1.807, 2.05) is 31.2 Å². The number of hydrogen-bond donors (Lipinski definition) is 1. The summed E-state index contributed by atoms with van der Waals surface area (Å²) in [5.74, 6) is -0.629. The van der Waals surface area contributed by atoms with Crippen LogP contribution in [0, 0.1) is 13.8 Å². The van der Waals surface area contributed by atoms with Crippen molar-refractivity contribution in [2.24, 2.45) is 0 Å². The highest BCUT2D eigenvalue weighted by atomic mass is 19.4. The van der Waals surface area contributed by atoms with Crippen LogP contribution >= 0.6 is 0 Å². The van der Waals surface area contributed by atoms with Crippen molar-refractivity contribution in [2.45, 2.75) is 26.1 Å². The fourth-order valence-electron chi connectivity index (χ4n) is 2.31. The minimum Gasteiger partial charge on any atom is -0.382 e. The first-order chi connectivity index (χ1) is 11.1. The lowest BCUT2D eigenvalue weighted by Crippen LogP contribution is -2.41. The van der Waals surface area contributed by atoms with Gasteiger partial charge in [0.05, 0.1) is 29.7 Å². The van der Waals surface area contributed by atoms with Crippen LogP contribution in [0.25, 0.3) is 5.69 Å². The molecule has 24 heavy (non-hydrogen) atoms. The molecule has 0 aliphatic carbocycles. The number of amides is 1. The van der Waals surface area contributed by atoms with E-state index < -0.39 is 24.7 Å². The zero-order valence-electron chi connectivity index (χ0n) is 13.5. The lowest BCUT2D eigenvalue weighted by atomic mass is 10.2. The van der Waals surface area contributed by atoms with Crippen molar-refractivity contribution >= 4 is 5.91 Å². The Morgan fingerprint density at radius 3 is 2.54 bits per heavy atom. The number of aliphatic hydroxyl groups excluding tert-OH is 1.